The number of anilines is 1. The second-order valence-electron chi connectivity index (χ2n) is 8.12. The van der Waals surface area contributed by atoms with E-state index in [0.29, 0.717) is 28.7 Å². The Kier molecular flexibility index (Phi) is 10.0. The van der Waals surface area contributed by atoms with Gasteiger partial charge in [0.25, 0.3) is 16.0 Å². The molecule has 0 saturated carbocycles. The van der Waals surface area contributed by atoms with Crippen molar-refractivity contribution < 1.29 is 57.2 Å². The molecule has 0 spiro atoms. The van der Waals surface area contributed by atoms with Crippen molar-refractivity contribution in [2.24, 2.45) is 10.2 Å². The van der Waals surface area contributed by atoms with E-state index in [0.717, 1.165) is 0 Å². The third-order valence-electron chi connectivity index (χ3n) is 5.40. The third-order valence-corrected chi connectivity index (χ3v) is 7.07. The molecule has 0 aliphatic carbocycles. The molecule has 0 unspecified atom stereocenters. The van der Waals surface area contributed by atoms with E-state index in [1.54, 1.807) is 49.4 Å². The van der Waals surface area contributed by atoms with Gasteiger partial charge in [0.2, 0.25) is 0 Å². The van der Waals surface area contributed by atoms with Crippen molar-refractivity contribution in [1.82, 2.24) is 0 Å². The Hall–Kier alpha value is -2.70. The summed E-state index contributed by atoms with van der Waals surface area (Å²) in [4.78, 5) is 12.5. The van der Waals surface area contributed by atoms with Crippen LogP contribution in [0.15, 0.2) is 75.8 Å². The number of carbonyl (C=O) groups excluding carboxylic acids is 1. The molecule has 1 amide bonds. The number of hydrogen-bond donors (Lipinski definition) is 2. The van der Waals surface area contributed by atoms with E-state index in [2.05, 4.69) is 15.5 Å². The summed E-state index contributed by atoms with van der Waals surface area (Å²) < 4.78 is 38.9. The van der Waals surface area contributed by atoms with Gasteiger partial charge in [-0.15, -0.1) is 5.11 Å². The van der Waals surface area contributed by atoms with Crippen molar-refractivity contribution in [2.45, 2.75) is 18.7 Å². The van der Waals surface area contributed by atoms with Gasteiger partial charge in [-0.1, -0.05) is 53.2 Å². The molecule has 0 radical (unpaired) electrons. The Balaban J connectivity index is 0.00000420. The van der Waals surface area contributed by atoms with Crippen molar-refractivity contribution in [3.05, 3.63) is 81.8 Å². The standard InChI is InChI=1S/C26H21Cl2N3O6S.Na/c1-3-37-16-8-9-21(19(27)13-16)29-26(33)18-12-15-6-4-5-7-17(15)23(24(18)32)31-30-22-11-14(2)10-20(28)25(22)38(34,35)36;/h4-13,32H,3H2,1-2H3,(H,29,33)(H,34,35,36);/q;+1/p-1. The van der Waals surface area contributed by atoms with E-state index in [-0.39, 0.29) is 62.2 Å². The molecule has 196 valence electrons. The molecule has 0 fully saturated rings. The van der Waals surface area contributed by atoms with Gasteiger partial charge in [0.15, 0.2) is 0 Å². The Morgan fingerprint density at radius 2 is 1.77 bits per heavy atom. The number of nitrogens with one attached hydrogen (secondary N) is 1. The quantitative estimate of drug-likeness (QED) is 0.189. The fourth-order valence-electron chi connectivity index (χ4n) is 3.76. The number of hydrogen-bond acceptors (Lipinski definition) is 7. The zero-order valence-electron chi connectivity index (χ0n) is 21.0. The minimum Gasteiger partial charge on any atom is -0.870 e. The van der Waals surface area contributed by atoms with Crippen molar-refractivity contribution in [3.63, 3.8) is 0 Å². The first kappa shape index (κ1) is 30.8. The van der Waals surface area contributed by atoms with Gasteiger partial charge in [-0.3, -0.25) is 9.35 Å². The molecule has 0 saturated heterocycles. The molecule has 0 atom stereocenters. The van der Waals surface area contributed by atoms with Crippen LogP contribution in [-0.2, 0) is 10.1 Å². The van der Waals surface area contributed by atoms with Gasteiger partial charge in [0, 0.05) is 17.0 Å². The third kappa shape index (κ3) is 6.90. The van der Waals surface area contributed by atoms with E-state index >= 15 is 0 Å². The summed E-state index contributed by atoms with van der Waals surface area (Å²) in [5.41, 5.74) is 0.105. The van der Waals surface area contributed by atoms with Crippen LogP contribution in [0.4, 0.5) is 17.1 Å². The molecule has 4 aromatic rings. The molecule has 4 rings (SSSR count). The fraction of sp³-hybridized carbons (Fsp3) is 0.115. The van der Waals surface area contributed by atoms with Gasteiger partial charge in [0.05, 0.1) is 28.0 Å². The van der Waals surface area contributed by atoms with Crippen LogP contribution in [0, 0.1) is 6.92 Å². The molecule has 0 aliphatic heterocycles. The van der Waals surface area contributed by atoms with E-state index in [1.807, 2.05) is 6.92 Å². The number of benzene rings is 4. The van der Waals surface area contributed by atoms with Crippen molar-refractivity contribution >= 4 is 67.1 Å². The SMILES string of the molecule is CCOc1ccc(NC(=O)c2cc3ccccc3c(N=Nc3cc(C)cc(Cl)c3S(=O)(=O)O)c2[O-])c(Cl)c1.[Na+]. The van der Waals surface area contributed by atoms with Gasteiger partial charge in [-0.05, 0) is 55.1 Å². The van der Waals surface area contributed by atoms with E-state index in [4.69, 9.17) is 27.9 Å². The number of halogens is 2. The van der Waals surface area contributed by atoms with Crippen LogP contribution in [0.2, 0.25) is 10.0 Å². The number of carbonyl (C=O) groups is 1. The van der Waals surface area contributed by atoms with Crippen molar-refractivity contribution in [2.75, 3.05) is 11.9 Å². The smallest absolute Gasteiger partial charge is 0.870 e. The topological polar surface area (TPSA) is 140 Å². The van der Waals surface area contributed by atoms with Crippen LogP contribution in [0.25, 0.3) is 10.8 Å². The van der Waals surface area contributed by atoms with Gasteiger partial charge < -0.3 is 15.2 Å². The average molecular weight is 596 g/mol. The monoisotopic (exact) mass is 595 g/mol. The summed E-state index contributed by atoms with van der Waals surface area (Å²) in [5, 5.41) is 24.8. The first-order valence-corrected chi connectivity index (χ1v) is 13.3. The van der Waals surface area contributed by atoms with Gasteiger partial charge in [-0.25, -0.2) is 0 Å². The van der Waals surface area contributed by atoms with Crippen molar-refractivity contribution in [3.8, 4) is 11.5 Å². The summed E-state index contributed by atoms with van der Waals surface area (Å²) in [6, 6.07) is 15.5. The molecule has 39 heavy (non-hydrogen) atoms. The average Bonchev–Trinajstić information content (AvgIpc) is 2.83. The maximum absolute atomic E-state index is 13.4. The van der Waals surface area contributed by atoms with Gasteiger partial charge in [0.1, 0.15) is 16.3 Å². The van der Waals surface area contributed by atoms with Crippen LogP contribution >= 0.6 is 23.2 Å². The van der Waals surface area contributed by atoms with Gasteiger partial charge >= 0.3 is 29.6 Å². The summed E-state index contributed by atoms with van der Waals surface area (Å²) in [5.74, 6) is -0.964. The van der Waals surface area contributed by atoms with Crippen LogP contribution in [0.1, 0.15) is 22.8 Å². The van der Waals surface area contributed by atoms with E-state index < -0.39 is 26.7 Å². The maximum Gasteiger partial charge on any atom is 1.00 e. The number of aryl methyl sites for hydroxylation is 1. The molecule has 9 nitrogen and oxygen atoms in total. The molecule has 13 heteroatoms. The zero-order chi connectivity index (χ0) is 27.6. The summed E-state index contributed by atoms with van der Waals surface area (Å²) in [7, 11) is -4.75. The predicted molar refractivity (Wildman–Crippen MR) is 144 cm³/mol. The van der Waals surface area contributed by atoms with E-state index in [9.17, 15) is 22.9 Å². The summed E-state index contributed by atoms with van der Waals surface area (Å²) in [6.45, 7) is 3.91. The Labute approximate surface area is 256 Å². The molecule has 0 heterocycles. The fourth-order valence-corrected chi connectivity index (χ4v) is 5.21. The van der Waals surface area contributed by atoms with Gasteiger partial charge in [-0.2, -0.15) is 13.5 Å². The Bertz CT molecular complexity index is 1710. The summed E-state index contributed by atoms with van der Waals surface area (Å²) >= 11 is 12.3. The minimum atomic E-state index is -4.75. The van der Waals surface area contributed by atoms with Crippen molar-refractivity contribution in [1.29, 1.82) is 0 Å². The molecule has 0 bridgehead atoms. The second-order valence-corrected chi connectivity index (χ2v) is 10.3. The minimum absolute atomic E-state index is 0. The Morgan fingerprint density at radius 3 is 2.44 bits per heavy atom. The molecule has 0 aliphatic rings. The Morgan fingerprint density at radius 1 is 1.05 bits per heavy atom. The number of ether oxygens (including phenoxy) is 1. The largest absolute Gasteiger partial charge is 1.00 e. The maximum atomic E-state index is 13.4. The summed E-state index contributed by atoms with van der Waals surface area (Å²) in [6.07, 6.45) is 0. The van der Waals surface area contributed by atoms with E-state index in [1.165, 1.54) is 18.2 Å². The molecular weight excluding hydrogens is 576 g/mol. The first-order chi connectivity index (χ1) is 18.0. The number of amides is 1. The van der Waals surface area contributed by atoms with Crippen LogP contribution < -0.4 is 44.7 Å². The normalized spacial score (nSPS) is 11.4. The van der Waals surface area contributed by atoms with Crippen LogP contribution in [-0.4, -0.2) is 25.5 Å². The molecular formula is C26H20Cl2N3NaO6S. The number of fused-ring (bicyclic) bond motifs is 1. The predicted octanol–water partition coefficient (Wildman–Crippen LogP) is 3.85. The van der Waals surface area contributed by atoms with Crippen LogP contribution in [0.5, 0.6) is 11.5 Å². The molecule has 4 aromatic carbocycles. The molecule has 0 aromatic heterocycles. The zero-order valence-corrected chi connectivity index (χ0v) is 25.4. The first-order valence-electron chi connectivity index (χ1n) is 11.2. The number of nitrogens with zero attached hydrogens (tertiary/aromatic N) is 2. The number of azo groups is 1. The second kappa shape index (κ2) is 12.6. The molecule has 2 N–H and O–H groups in total. The number of rotatable bonds is 7. The van der Waals surface area contributed by atoms with Crippen LogP contribution in [0.3, 0.4) is 0 Å².